The Morgan fingerprint density at radius 2 is 1.89 bits per heavy atom. The van der Waals surface area contributed by atoms with Gasteiger partial charge < -0.3 is 5.32 Å². The van der Waals surface area contributed by atoms with Gasteiger partial charge in [-0.25, -0.2) is 4.98 Å². The number of hydrogen-bond donors (Lipinski definition) is 1. The van der Waals surface area contributed by atoms with Gasteiger partial charge in [-0.3, -0.25) is 9.97 Å². The minimum atomic E-state index is 0.642. The van der Waals surface area contributed by atoms with Crippen molar-refractivity contribution in [2.24, 2.45) is 0 Å². The van der Waals surface area contributed by atoms with E-state index in [0.717, 1.165) is 28.0 Å². The topological polar surface area (TPSA) is 50.7 Å². The Bertz CT molecular complexity index is 709. The molecule has 3 rings (SSSR count). The average molecular weight is 250 g/mol. The number of nitrogens with one attached hydrogen (secondary N) is 1. The molecule has 0 saturated heterocycles. The van der Waals surface area contributed by atoms with Crippen LogP contribution in [0.4, 0.5) is 5.69 Å². The summed E-state index contributed by atoms with van der Waals surface area (Å²) in [4.78, 5) is 13.1. The van der Waals surface area contributed by atoms with Crippen LogP contribution in [0, 0.1) is 6.92 Å². The fraction of sp³-hybridized carbons (Fsp3) is 0.133. The van der Waals surface area contributed by atoms with Crippen LogP contribution >= 0.6 is 0 Å². The van der Waals surface area contributed by atoms with Gasteiger partial charge in [0, 0.05) is 12.4 Å². The van der Waals surface area contributed by atoms with Crippen LogP contribution < -0.4 is 5.32 Å². The first-order valence-electron chi connectivity index (χ1n) is 6.17. The molecule has 0 saturated carbocycles. The van der Waals surface area contributed by atoms with E-state index in [-0.39, 0.29) is 0 Å². The molecule has 1 N–H and O–H groups in total. The number of rotatable bonds is 3. The van der Waals surface area contributed by atoms with Gasteiger partial charge in [-0.15, -0.1) is 0 Å². The van der Waals surface area contributed by atoms with Gasteiger partial charge in [-0.1, -0.05) is 12.1 Å². The second-order valence-corrected chi connectivity index (χ2v) is 4.45. The van der Waals surface area contributed by atoms with E-state index >= 15 is 0 Å². The molecule has 0 bridgehead atoms. The maximum absolute atomic E-state index is 4.57. The number of anilines is 1. The van der Waals surface area contributed by atoms with Crippen molar-refractivity contribution >= 4 is 16.7 Å². The van der Waals surface area contributed by atoms with Crippen LogP contribution in [0.15, 0.2) is 48.9 Å². The van der Waals surface area contributed by atoms with Crippen LogP contribution in [0.5, 0.6) is 0 Å². The Kier molecular flexibility index (Phi) is 3.06. The lowest BCUT2D eigenvalue weighted by Crippen LogP contribution is -2.03. The molecule has 0 aliphatic rings. The predicted molar refractivity (Wildman–Crippen MR) is 75.8 cm³/mol. The Morgan fingerprint density at radius 1 is 1.05 bits per heavy atom. The quantitative estimate of drug-likeness (QED) is 0.776. The lowest BCUT2D eigenvalue weighted by atomic mass is 10.3. The second-order valence-electron chi connectivity index (χ2n) is 4.45. The molecule has 0 amide bonds. The highest BCUT2D eigenvalue weighted by molar-refractivity contribution is 5.73. The molecular weight excluding hydrogens is 236 g/mol. The zero-order valence-electron chi connectivity index (χ0n) is 10.7. The normalized spacial score (nSPS) is 10.6. The SMILES string of the molecule is Cc1cncc(NCc2cnc3ccccc3n2)c1. The third-order valence-electron chi connectivity index (χ3n) is 2.85. The number of aromatic nitrogens is 3. The molecule has 0 radical (unpaired) electrons. The van der Waals surface area contributed by atoms with E-state index in [1.165, 1.54) is 0 Å². The fourth-order valence-electron chi connectivity index (χ4n) is 1.92. The van der Waals surface area contributed by atoms with E-state index in [2.05, 4.69) is 26.3 Å². The monoisotopic (exact) mass is 250 g/mol. The largest absolute Gasteiger partial charge is 0.378 e. The Morgan fingerprint density at radius 3 is 2.74 bits per heavy atom. The van der Waals surface area contributed by atoms with Crippen molar-refractivity contribution in [1.29, 1.82) is 0 Å². The molecular formula is C15H14N4. The van der Waals surface area contributed by atoms with Crippen LogP contribution in [0.2, 0.25) is 0 Å². The number of benzene rings is 1. The maximum Gasteiger partial charge on any atom is 0.0890 e. The van der Waals surface area contributed by atoms with Crippen molar-refractivity contribution in [2.45, 2.75) is 13.5 Å². The Labute approximate surface area is 111 Å². The van der Waals surface area contributed by atoms with Crippen molar-refractivity contribution in [1.82, 2.24) is 15.0 Å². The fourth-order valence-corrected chi connectivity index (χ4v) is 1.92. The molecule has 0 unspecified atom stereocenters. The highest BCUT2D eigenvalue weighted by atomic mass is 14.9. The summed E-state index contributed by atoms with van der Waals surface area (Å²) in [5, 5.41) is 3.30. The Balaban J connectivity index is 1.78. The van der Waals surface area contributed by atoms with Gasteiger partial charge in [0.05, 0.1) is 35.2 Å². The van der Waals surface area contributed by atoms with Crippen LogP contribution in [0.25, 0.3) is 11.0 Å². The lowest BCUT2D eigenvalue weighted by molar-refractivity contribution is 1.04. The number of pyridine rings is 1. The first-order chi connectivity index (χ1) is 9.31. The van der Waals surface area contributed by atoms with E-state index in [1.807, 2.05) is 43.6 Å². The summed E-state index contributed by atoms with van der Waals surface area (Å²) in [7, 11) is 0. The predicted octanol–water partition coefficient (Wildman–Crippen LogP) is 2.95. The highest BCUT2D eigenvalue weighted by Crippen LogP contribution is 2.11. The van der Waals surface area contributed by atoms with E-state index in [0.29, 0.717) is 6.54 Å². The van der Waals surface area contributed by atoms with Gasteiger partial charge >= 0.3 is 0 Å². The molecule has 3 aromatic rings. The van der Waals surface area contributed by atoms with Crippen molar-refractivity contribution < 1.29 is 0 Å². The minimum absolute atomic E-state index is 0.642. The smallest absolute Gasteiger partial charge is 0.0890 e. The molecule has 19 heavy (non-hydrogen) atoms. The summed E-state index contributed by atoms with van der Waals surface area (Å²) in [6.07, 6.45) is 5.45. The lowest BCUT2D eigenvalue weighted by Gasteiger charge is -2.06. The molecule has 94 valence electrons. The van der Waals surface area contributed by atoms with E-state index < -0.39 is 0 Å². The molecule has 4 heteroatoms. The molecule has 2 heterocycles. The summed E-state index contributed by atoms with van der Waals surface area (Å²) in [6.45, 7) is 2.66. The number of nitrogens with zero attached hydrogens (tertiary/aromatic N) is 3. The summed E-state index contributed by atoms with van der Waals surface area (Å²) in [6, 6.07) is 9.93. The van der Waals surface area contributed by atoms with Crippen molar-refractivity contribution in [2.75, 3.05) is 5.32 Å². The molecule has 0 aliphatic heterocycles. The van der Waals surface area contributed by atoms with Crippen LogP contribution in [-0.4, -0.2) is 15.0 Å². The van der Waals surface area contributed by atoms with Crippen LogP contribution in [0.3, 0.4) is 0 Å². The van der Waals surface area contributed by atoms with Gasteiger partial charge in [0.2, 0.25) is 0 Å². The van der Waals surface area contributed by atoms with E-state index in [1.54, 1.807) is 6.20 Å². The molecule has 4 nitrogen and oxygen atoms in total. The van der Waals surface area contributed by atoms with Gasteiger partial charge in [-0.05, 0) is 30.7 Å². The molecule has 1 aromatic carbocycles. The third-order valence-corrected chi connectivity index (χ3v) is 2.85. The van der Waals surface area contributed by atoms with Crippen LogP contribution in [0.1, 0.15) is 11.3 Å². The average Bonchev–Trinajstić information content (AvgIpc) is 2.45. The molecule has 0 fully saturated rings. The van der Waals surface area contributed by atoms with E-state index in [9.17, 15) is 0 Å². The maximum atomic E-state index is 4.57. The molecule has 0 aliphatic carbocycles. The number of fused-ring (bicyclic) bond motifs is 1. The second kappa shape index (κ2) is 5.02. The van der Waals surface area contributed by atoms with Crippen molar-refractivity contribution in [3.05, 3.63) is 60.2 Å². The third kappa shape index (κ3) is 2.68. The molecule has 2 aromatic heterocycles. The van der Waals surface area contributed by atoms with Crippen molar-refractivity contribution in [3.63, 3.8) is 0 Å². The summed E-state index contributed by atoms with van der Waals surface area (Å²) in [5.74, 6) is 0. The summed E-state index contributed by atoms with van der Waals surface area (Å²) in [5.41, 5.74) is 4.89. The summed E-state index contributed by atoms with van der Waals surface area (Å²) < 4.78 is 0. The van der Waals surface area contributed by atoms with Crippen LogP contribution in [-0.2, 0) is 6.54 Å². The first-order valence-corrected chi connectivity index (χ1v) is 6.17. The number of para-hydroxylation sites is 2. The van der Waals surface area contributed by atoms with Gasteiger partial charge in [0.15, 0.2) is 0 Å². The highest BCUT2D eigenvalue weighted by Gasteiger charge is 1.99. The zero-order chi connectivity index (χ0) is 13.1. The standard InChI is InChI=1S/C15H14N4/c1-11-6-12(8-16-7-11)17-9-13-10-18-14-4-2-3-5-15(14)19-13/h2-8,10,17H,9H2,1H3. The molecule has 0 spiro atoms. The van der Waals surface area contributed by atoms with Crippen molar-refractivity contribution in [3.8, 4) is 0 Å². The Hall–Kier alpha value is -2.49. The van der Waals surface area contributed by atoms with E-state index in [4.69, 9.17) is 0 Å². The zero-order valence-corrected chi connectivity index (χ0v) is 10.7. The summed E-state index contributed by atoms with van der Waals surface area (Å²) >= 11 is 0. The van der Waals surface area contributed by atoms with Gasteiger partial charge in [-0.2, -0.15) is 0 Å². The van der Waals surface area contributed by atoms with Gasteiger partial charge in [0.25, 0.3) is 0 Å². The number of hydrogen-bond acceptors (Lipinski definition) is 4. The first kappa shape index (κ1) is 11.6. The minimum Gasteiger partial charge on any atom is -0.378 e. The number of aryl methyl sites for hydroxylation is 1. The molecule has 0 atom stereocenters. The van der Waals surface area contributed by atoms with Gasteiger partial charge in [0.1, 0.15) is 0 Å².